The topological polar surface area (TPSA) is 59.6 Å². The predicted octanol–water partition coefficient (Wildman–Crippen LogP) is 1.60. The van der Waals surface area contributed by atoms with Gasteiger partial charge in [-0.1, -0.05) is 6.92 Å². The van der Waals surface area contributed by atoms with Gasteiger partial charge in [-0.25, -0.2) is 0 Å². The van der Waals surface area contributed by atoms with Crippen LogP contribution in [0.25, 0.3) is 0 Å². The average molecular weight is 303 g/mol. The Morgan fingerprint density at radius 3 is 2.55 bits per heavy atom. The van der Waals surface area contributed by atoms with E-state index in [9.17, 15) is 4.79 Å². The van der Waals surface area contributed by atoms with Gasteiger partial charge < -0.3 is 20.1 Å². The summed E-state index contributed by atoms with van der Waals surface area (Å²) in [7, 11) is 5.04. The first kappa shape index (κ1) is 18.5. The first-order valence-electron chi connectivity index (χ1n) is 6.25. The minimum absolute atomic E-state index is 0. The number of benzene rings is 1. The van der Waals surface area contributed by atoms with Crippen molar-refractivity contribution in [3.05, 3.63) is 23.8 Å². The van der Waals surface area contributed by atoms with Gasteiger partial charge in [0.05, 0.1) is 14.2 Å². The molecule has 0 spiro atoms. The van der Waals surface area contributed by atoms with Crippen molar-refractivity contribution in [2.24, 2.45) is 5.92 Å². The third kappa shape index (κ3) is 5.27. The van der Waals surface area contributed by atoms with Crippen molar-refractivity contribution < 1.29 is 14.3 Å². The fraction of sp³-hybridized carbons (Fsp3) is 0.500. The van der Waals surface area contributed by atoms with E-state index in [4.69, 9.17) is 9.47 Å². The molecule has 6 heteroatoms. The minimum atomic E-state index is -0.0609. The molecule has 114 valence electrons. The number of carbonyl (C=O) groups is 1. The maximum Gasteiger partial charge on any atom is 0.224 e. The second-order valence-corrected chi connectivity index (χ2v) is 4.35. The number of hydrogen-bond donors (Lipinski definition) is 2. The average Bonchev–Trinajstić information content (AvgIpc) is 2.44. The zero-order valence-electron chi connectivity index (χ0n) is 12.4. The Labute approximate surface area is 126 Å². The molecule has 20 heavy (non-hydrogen) atoms. The molecule has 1 atom stereocenters. The molecule has 2 N–H and O–H groups in total. The Balaban J connectivity index is 0.00000361. The van der Waals surface area contributed by atoms with E-state index in [0.29, 0.717) is 18.8 Å². The quantitative estimate of drug-likeness (QED) is 0.803. The van der Waals surface area contributed by atoms with E-state index in [0.717, 1.165) is 11.3 Å². The van der Waals surface area contributed by atoms with E-state index >= 15 is 0 Å². The molecule has 1 aromatic carbocycles. The summed E-state index contributed by atoms with van der Waals surface area (Å²) < 4.78 is 10.4. The summed E-state index contributed by atoms with van der Waals surface area (Å²) in [5.41, 5.74) is 0.924. The Kier molecular flexibility index (Phi) is 8.76. The molecule has 1 unspecified atom stereocenters. The van der Waals surface area contributed by atoms with Gasteiger partial charge in [0.2, 0.25) is 5.91 Å². The molecular formula is C14H23ClN2O3. The van der Waals surface area contributed by atoms with E-state index in [1.165, 1.54) is 0 Å². The normalized spacial score (nSPS) is 11.2. The Hall–Kier alpha value is -1.46. The zero-order valence-corrected chi connectivity index (χ0v) is 13.2. The molecule has 0 aromatic heterocycles. The van der Waals surface area contributed by atoms with E-state index in [1.54, 1.807) is 20.3 Å². The van der Waals surface area contributed by atoms with Crippen molar-refractivity contribution in [2.75, 3.05) is 27.8 Å². The Bertz CT molecular complexity index is 427. The molecule has 1 rings (SSSR count). The first-order chi connectivity index (χ1) is 9.12. The van der Waals surface area contributed by atoms with Crippen LogP contribution in [0.2, 0.25) is 0 Å². The van der Waals surface area contributed by atoms with Crippen LogP contribution in [0.4, 0.5) is 0 Å². The number of amides is 1. The highest BCUT2D eigenvalue weighted by Crippen LogP contribution is 2.24. The van der Waals surface area contributed by atoms with Crippen LogP contribution in [-0.2, 0) is 11.3 Å². The van der Waals surface area contributed by atoms with Gasteiger partial charge in [-0.05, 0) is 19.2 Å². The number of carbonyl (C=O) groups excluding carboxylic acids is 1. The van der Waals surface area contributed by atoms with Crippen molar-refractivity contribution in [2.45, 2.75) is 13.5 Å². The molecule has 1 amide bonds. The van der Waals surface area contributed by atoms with Crippen LogP contribution in [0.3, 0.4) is 0 Å². The lowest BCUT2D eigenvalue weighted by molar-refractivity contribution is -0.124. The van der Waals surface area contributed by atoms with Gasteiger partial charge in [0.1, 0.15) is 11.5 Å². The number of hydrogen-bond acceptors (Lipinski definition) is 4. The maximum atomic E-state index is 11.8. The van der Waals surface area contributed by atoms with Crippen LogP contribution >= 0.6 is 12.4 Å². The fourth-order valence-electron chi connectivity index (χ4n) is 1.75. The SMILES string of the molecule is CNCC(C)C(=O)NCc1ccc(OC)cc1OC.Cl. The number of methoxy groups -OCH3 is 2. The summed E-state index contributed by atoms with van der Waals surface area (Å²) in [6.07, 6.45) is 0. The van der Waals surface area contributed by atoms with Gasteiger partial charge in [0.25, 0.3) is 0 Å². The van der Waals surface area contributed by atoms with Crippen molar-refractivity contribution in [3.63, 3.8) is 0 Å². The van der Waals surface area contributed by atoms with E-state index < -0.39 is 0 Å². The molecule has 0 heterocycles. The third-order valence-electron chi connectivity index (χ3n) is 2.91. The molecule has 0 aliphatic carbocycles. The summed E-state index contributed by atoms with van der Waals surface area (Å²) >= 11 is 0. The summed E-state index contributed by atoms with van der Waals surface area (Å²) in [6.45, 7) is 2.99. The molecular weight excluding hydrogens is 280 g/mol. The van der Waals surface area contributed by atoms with Crippen LogP contribution in [0.1, 0.15) is 12.5 Å². The second kappa shape index (κ2) is 9.44. The largest absolute Gasteiger partial charge is 0.497 e. The van der Waals surface area contributed by atoms with Gasteiger partial charge in [0.15, 0.2) is 0 Å². The number of halogens is 1. The van der Waals surface area contributed by atoms with Crippen LogP contribution in [0.15, 0.2) is 18.2 Å². The zero-order chi connectivity index (χ0) is 14.3. The fourth-order valence-corrected chi connectivity index (χ4v) is 1.75. The van der Waals surface area contributed by atoms with Gasteiger partial charge in [0, 0.05) is 30.6 Å². The molecule has 5 nitrogen and oxygen atoms in total. The summed E-state index contributed by atoms with van der Waals surface area (Å²) in [4.78, 5) is 11.8. The number of rotatable bonds is 7. The summed E-state index contributed by atoms with van der Waals surface area (Å²) in [5, 5.41) is 5.88. The first-order valence-corrected chi connectivity index (χ1v) is 6.25. The highest BCUT2D eigenvalue weighted by atomic mass is 35.5. The highest BCUT2D eigenvalue weighted by molar-refractivity contribution is 5.85. The Morgan fingerprint density at radius 2 is 2.00 bits per heavy atom. The lowest BCUT2D eigenvalue weighted by Gasteiger charge is -2.14. The molecule has 0 bridgehead atoms. The molecule has 0 radical (unpaired) electrons. The molecule has 1 aromatic rings. The van der Waals surface area contributed by atoms with Crippen LogP contribution < -0.4 is 20.1 Å². The monoisotopic (exact) mass is 302 g/mol. The van der Waals surface area contributed by atoms with Crippen molar-refractivity contribution in [3.8, 4) is 11.5 Å². The molecule has 0 fully saturated rings. The predicted molar refractivity (Wildman–Crippen MR) is 81.7 cm³/mol. The van der Waals surface area contributed by atoms with E-state index in [-0.39, 0.29) is 24.2 Å². The lowest BCUT2D eigenvalue weighted by atomic mass is 10.1. The Morgan fingerprint density at radius 1 is 1.30 bits per heavy atom. The lowest BCUT2D eigenvalue weighted by Crippen LogP contribution is -2.33. The maximum absolute atomic E-state index is 11.8. The van der Waals surface area contributed by atoms with E-state index in [2.05, 4.69) is 10.6 Å². The van der Waals surface area contributed by atoms with Crippen LogP contribution in [0.5, 0.6) is 11.5 Å². The van der Waals surface area contributed by atoms with Crippen molar-refractivity contribution in [1.29, 1.82) is 0 Å². The van der Waals surface area contributed by atoms with Gasteiger partial charge in [-0.3, -0.25) is 4.79 Å². The molecule has 0 aliphatic rings. The third-order valence-corrected chi connectivity index (χ3v) is 2.91. The summed E-state index contributed by atoms with van der Waals surface area (Å²) in [6, 6.07) is 5.54. The van der Waals surface area contributed by atoms with Gasteiger partial charge in [-0.2, -0.15) is 0 Å². The van der Waals surface area contributed by atoms with Crippen LogP contribution in [-0.4, -0.2) is 33.7 Å². The minimum Gasteiger partial charge on any atom is -0.497 e. The number of nitrogens with one attached hydrogen (secondary N) is 2. The molecule has 0 saturated carbocycles. The highest BCUT2D eigenvalue weighted by Gasteiger charge is 2.12. The molecule has 0 saturated heterocycles. The van der Waals surface area contributed by atoms with E-state index in [1.807, 2.05) is 26.1 Å². The summed E-state index contributed by atoms with van der Waals surface area (Å²) in [5.74, 6) is 1.40. The van der Waals surface area contributed by atoms with Crippen molar-refractivity contribution >= 4 is 18.3 Å². The smallest absolute Gasteiger partial charge is 0.224 e. The van der Waals surface area contributed by atoms with Gasteiger partial charge >= 0.3 is 0 Å². The van der Waals surface area contributed by atoms with Crippen LogP contribution in [0, 0.1) is 5.92 Å². The number of ether oxygens (including phenoxy) is 2. The second-order valence-electron chi connectivity index (χ2n) is 4.35. The standard InChI is InChI=1S/C14H22N2O3.ClH/c1-10(8-15-2)14(17)16-9-11-5-6-12(18-3)7-13(11)19-4;/h5-7,10,15H,8-9H2,1-4H3,(H,16,17);1H. The molecule has 0 aliphatic heterocycles. The van der Waals surface area contributed by atoms with Crippen molar-refractivity contribution in [1.82, 2.24) is 10.6 Å². The van der Waals surface area contributed by atoms with Gasteiger partial charge in [-0.15, -0.1) is 12.4 Å².